The molecule has 4 rings (SSSR count). The average molecular weight is 440 g/mol. The number of aromatic nitrogens is 1. The number of nitrogens with one attached hydrogen (secondary N) is 2. The highest BCUT2D eigenvalue weighted by Gasteiger charge is 2.39. The molecule has 2 aliphatic rings. The third-order valence-corrected chi connectivity index (χ3v) is 6.37. The minimum atomic E-state index is -0.690. The summed E-state index contributed by atoms with van der Waals surface area (Å²) < 4.78 is 0. The number of carbonyl (C=O) groups excluding carboxylic acids is 3. The second-order valence-electron chi connectivity index (χ2n) is 8.61. The molecule has 3 N–H and O–H groups in total. The van der Waals surface area contributed by atoms with Crippen LogP contribution < -0.4 is 10.7 Å². The van der Waals surface area contributed by atoms with E-state index in [0.717, 1.165) is 36.6 Å². The van der Waals surface area contributed by atoms with Crippen molar-refractivity contribution in [2.24, 2.45) is 11.8 Å². The number of fused-ring (bicyclic) bond motifs is 1. The van der Waals surface area contributed by atoms with E-state index >= 15 is 0 Å². The van der Waals surface area contributed by atoms with Gasteiger partial charge in [-0.3, -0.25) is 24.6 Å². The highest BCUT2D eigenvalue weighted by atomic mass is 16.5. The molecule has 1 saturated carbocycles. The van der Waals surface area contributed by atoms with E-state index in [1.165, 1.54) is 5.01 Å². The number of amides is 3. The second-order valence-corrected chi connectivity index (χ2v) is 8.61. The standard InChI is InChI=1S/C23H29N5O4/c29-15-27(32)14-18(13-16-5-1-2-6-16)23(31)28-20(11-12-24-28)22(30)26-21-10-9-17-7-3-4-8-19(17)25-21/h3-4,7-10,15-16,18,20,24,32H,1-2,5-6,11-14H2,(H,25,26,30). The fourth-order valence-corrected chi connectivity index (χ4v) is 4.75. The van der Waals surface area contributed by atoms with Gasteiger partial charge in [0.1, 0.15) is 11.9 Å². The molecule has 1 aromatic carbocycles. The van der Waals surface area contributed by atoms with Crippen molar-refractivity contribution in [2.75, 3.05) is 18.4 Å². The van der Waals surface area contributed by atoms with Gasteiger partial charge in [-0.15, -0.1) is 0 Å². The summed E-state index contributed by atoms with van der Waals surface area (Å²) in [5, 5.41) is 15.4. The Morgan fingerprint density at radius 1 is 1.22 bits per heavy atom. The van der Waals surface area contributed by atoms with E-state index in [1.807, 2.05) is 30.3 Å². The van der Waals surface area contributed by atoms with Crippen molar-refractivity contribution in [3.05, 3.63) is 36.4 Å². The van der Waals surface area contributed by atoms with Crippen LogP contribution in [0.3, 0.4) is 0 Å². The molecule has 2 heterocycles. The van der Waals surface area contributed by atoms with Gasteiger partial charge in [-0.05, 0) is 37.0 Å². The van der Waals surface area contributed by atoms with Crippen LogP contribution >= 0.6 is 0 Å². The molecule has 1 aliphatic heterocycles. The van der Waals surface area contributed by atoms with E-state index in [-0.39, 0.29) is 18.4 Å². The van der Waals surface area contributed by atoms with Crippen LogP contribution in [0.5, 0.6) is 0 Å². The lowest BCUT2D eigenvalue weighted by atomic mass is 9.92. The smallest absolute Gasteiger partial charge is 0.250 e. The molecule has 1 aromatic heterocycles. The Hall–Kier alpha value is -3.04. The topological polar surface area (TPSA) is 115 Å². The maximum atomic E-state index is 13.3. The van der Waals surface area contributed by atoms with Crippen LogP contribution in [-0.2, 0) is 14.4 Å². The van der Waals surface area contributed by atoms with Gasteiger partial charge in [0.25, 0.3) is 0 Å². The van der Waals surface area contributed by atoms with Crippen LogP contribution in [0, 0.1) is 11.8 Å². The highest BCUT2D eigenvalue weighted by Crippen LogP contribution is 2.31. The van der Waals surface area contributed by atoms with Crippen LogP contribution in [0.15, 0.2) is 36.4 Å². The number of pyridine rings is 1. The quantitative estimate of drug-likeness (QED) is 0.330. The average Bonchev–Trinajstić information content (AvgIpc) is 3.50. The SMILES string of the molecule is O=CN(O)CC(CC1CCCC1)C(=O)N1NCCC1C(=O)Nc1ccc2ccccc2n1. The van der Waals surface area contributed by atoms with Crippen molar-refractivity contribution in [3.63, 3.8) is 0 Å². The Labute approximate surface area is 186 Å². The zero-order valence-corrected chi connectivity index (χ0v) is 17.9. The van der Waals surface area contributed by atoms with Gasteiger partial charge < -0.3 is 5.32 Å². The minimum absolute atomic E-state index is 0.0857. The third-order valence-electron chi connectivity index (χ3n) is 6.37. The van der Waals surface area contributed by atoms with Crippen LogP contribution in [0.1, 0.15) is 38.5 Å². The predicted octanol–water partition coefficient (Wildman–Crippen LogP) is 2.32. The molecule has 3 amide bonds. The first-order valence-corrected chi connectivity index (χ1v) is 11.2. The first kappa shape index (κ1) is 22.2. The number of hydroxylamine groups is 2. The highest BCUT2D eigenvalue weighted by molar-refractivity contribution is 5.97. The Bertz CT molecular complexity index is 978. The molecular formula is C23H29N5O4. The van der Waals surface area contributed by atoms with Crippen LogP contribution in [0.2, 0.25) is 0 Å². The molecule has 2 unspecified atom stereocenters. The number of hydrogen-bond acceptors (Lipinski definition) is 6. The molecule has 170 valence electrons. The molecule has 2 fully saturated rings. The van der Waals surface area contributed by atoms with Gasteiger partial charge in [-0.25, -0.2) is 15.5 Å². The van der Waals surface area contributed by atoms with E-state index in [1.54, 1.807) is 6.07 Å². The number of carbonyl (C=O) groups is 3. The normalized spacial score (nSPS) is 19.8. The predicted molar refractivity (Wildman–Crippen MR) is 118 cm³/mol. The summed E-state index contributed by atoms with van der Waals surface area (Å²) >= 11 is 0. The molecule has 0 spiro atoms. The van der Waals surface area contributed by atoms with Gasteiger partial charge in [-0.1, -0.05) is 43.9 Å². The zero-order valence-electron chi connectivity index (χ0n) is 17.9. The first-order valence-electron chi connectivity index (χ1n) is 11.2. The summed E-state index contributed by atoms with van der Waals surface area (Å²) in [6.07, 6.45) is 5.71. The Kier molecular flexibility index (Phi) is 6.96. The molecule has 32 heavy (non-hydrogen) atoms. The summed E-state index contributed by atoms with van der Waals surface area (Å²) in [4.78, 5) is 41.8. The number of anilines is 1. The number of para-hydroxylation sites is 1. The minimum Gasteiger partial charge on any atom is -0.309 e. The van der Waals surface area contributed by atoms with E-state index in [2.05, 4.69) is 15.7 Å². The summed E-state index contributed by atoms with van der Waals surface area (Å²) in [7, 11) is 0. The lowest BCUT2D eigenvalue weighted by Gasteiger charge is -2.29. The third kappa shape index (κ3) is 5.05. The van der Waals surface area contributed by atoms with Crippen molar-refractivity contribution in [1.82, 2.24) is 20.5 Å². The summed E-state index contributed by atoms with van der Waals surface area (Å²) in [6, 6.07) is 10.6. The van der Waals surface area contributed by atoms with E-state index in [9.17, 15) is 19.6 Å². The van der Waals surface area contributed by atoms with Crippen molar-refractivity contribution >= 4 is 34.9 Å². The summed E-state index contributed by atoms with van der Waals surface area (Å²) in [5.74, 6) is -0.351. The second kappa shape index (κ2) is 10.1. The monoisotopic (exact) mass is 439 g/mol. The van der Waals surface area contributed by atoms with Crippen LogP contribution in [0.25, 0.3) is 10.9 Å². The van der Waals surface area contributed by atoms with Gasteiger partial charge in [0.05, 0.1) is 18.0 Å². The maximum Gasteiger partial charge on any atom is 0.250 e. The fraction of sp³-hybridized carbons (Fsp3) is 0.478. The van der Waals surface area contributed by atoms with Crippen molar-refractivity contribution in [1.29, 1.82) is 0 Å². The van der Waals surface area contributed by atoms with Gasteiger partial charge in [-0.2, -0.15) is 0 Å². The number of nitrogens with zero attached hydrogens (tertiary/aromatic N) is 3. The summed E-state index contributed by atoms with van der Waals surface area (Å²) in [6.45, 7) is 0.402. The van der Waals surface area contributed by atoms with E-state index < -0.39 is 12.0 Å². The Morgan fingerprint density at radius 2 is 2.00 bits per heavy atom. The van der Waals surface area contributed by atoms with Crippen molar-refractivity contribution in [3.8, 4) is 0 Å². The van der Waals surface area contributed by atoms with Gasteiger partial charge >= 0.3 is 0 Å². The molecule has 0 radical (unpaired) electrons. The molecule has 1 aliphatic carbocycles. The molecular weight excluding hydrogens is 410 g/mol. The van der Waals surface area contributed by atoms with Gasteiger partial charge in [0.2, 0.25) is 18.2 Å². The number of hydrogen-bond donors (Lipinski definition) is 3. The first-order chi connectivity index (χ1) is 15.5. The van der Waals surface area contributed by atoms with Crippen molar-refractivity contribution < 1.29 is 19.6 Å². The fourth-order valence-electron chi connectivity index (χ4n) is 4.75. The van der Waals surface area contributed by atoms with Crippen LogP contribution in [-0.4, -0.2) is 57.6 Å². The lowest BCUT2D eigenvalue weighted by Crippen LogP contribution is -2.51. The number of benzene rings is 1. The van der Waals surface area contributed by atoms with E-state index in [4.69, 9.17) is 0 Å². The Balaban J connectivity index is 1.46. The van der Waals surface area contributed by atoms with Gasteiger partial charge in [0.15, 0.2) is 0 Å². The number of rotatable bonds is 8. The molecule has 0 bridgehead atoms. The van der Waals surface area contributed by atoms with E-state index in [0.29, 0.717) is 42.6 Å². The summed E-state index contributed by atoms with van der Waals surface area (Å²) in [5.41, 5.74) is 3.79. The molecule has 1 saturated heterocycles. The molecule has 9 nitrogen and oxygen atoms in total. The Morgan fingerprint density at radius 3 is 2.78 bits per heavy atom. The van der Waals surface area contributed by atoms with Crippen molar-refractivity contribution in [2.45, 2.75) is 44.6 Å². The van der Waals surface area contributed by atoms with Crippen LogP contribution in [0.4, 0.5) is 5.82 Å². The number of hydrazine groups is 1. The lowest BCUT2D eigenvalue weighted by molar-refractivity contribution is -0.159. The largest absolute Gasteiger partial charge is 0.309 e. The maximum absolute atomic E-state index is 13.3. The molecule has 2 atom stereocenters. The molecule has 2 aromatic rings. The zero-order chi connectivity index (χ0) is 22.5. The van der Waals surface area contributed by atoms with Gasteiger partial charge in [0, 0.05) is 11.9 Å². The molecule has 9 heteroatoms.